The molecule has 6 nitrogen and oxygen atoms in total. The van der Waals surface area contributed by atoms with Gasteiger partial charge in [-0.05, 0) is 12.3 Å². The fourth-order valence-corrected chi connectivity index (χ4v) is 1.25. The third-order valence-corrected chi connectivity index (χ3v) is 2.14. The maximum Gasteiger partial charge on any atom is 0.322 e. The Morgan fingerprint density at radius 2 is 1.94 bits per heavy atom. The Balaban J connectivity index is 4.21. The van der Waals surface area contributed by atoms with Crippen molar-refractivity contribution in [3.05, 3.63) is 0 Å². The Morgan fingerprint density at radius 1 is 1.38 bits per heavy atom. The minimum atomic E-state index is -0.792. The van der Waals surface area contributed by atoms with Crippen molar-refractivity contribution in [2.45, 2.75) is 32.4 Å². The third-order valence-electron chi connectivity index (χ3n) is 2.14. The molecule has 0 saturated heterocycles. The van der Waals surface area contributed by atoms with Crippen LogP contribution in [0.5, 0.6) is 0 Å². The van der Waals surface area contributed by atoms with Crippen molar-refractivity contribution in [1.29, 1.82) is 0 Å². The molecule has 2 unspecified atom stereocenters. The second-order valence-corrected chi connectivity index (χ2v) is 4.12. The predicted octanol–water partition coefficient (Wildman–Crippen LogP) is -1.02. The number of amides is 1. The van der Waals surface area contributed by atoms with Crippen LogP contribution in [0.2, 0.25) is 0 Å². The van der Waals surface area contributed by atoms with Gasteiger partial charge in [0.25, 0.3) is 0 Å². The quantitative estimate of drug-likeness (QED) is 0.486. The molecule has 0 bridgehead atoms. The van der Waals surface area contributed by atoms with Crippen molar-refractivity contribution in [2.75, 3.05) is 13.7 Å². The molecule has 94 valence electrons. The summed E-state index contributed by atoms with van der Waals surface area (Å²) in [4.78, 5) is 22.1. The molecule has 0 aromatic heterocycles. The zero-order valence-corrected chi connectivity index (χ0v) is 10.0. The van der Waals surface area contributed by atoms with Gasteiger partial charge in [0.05, 0.1) is 13.2 Å². The van der Waals surface area contributed by atoms with Crippen LogP contribution in [-0.4, -0.2) is 37.6 Å². The van der Waals surface area contributed by atoms with E-state index in [1.54, 1.807) is 0 Å². The fraction of sp³-hybridized carbons (Fsp3) is 0.800. The second kappa shape index (κ2) is 7.19. The number of nitrogens with two attached hydrogens (primary N) is 2. The lowest BCUT2D eigenvalue weighted by Crippen LogP contribution is -2.49. The molecule has 0 aliphatic rings. The highest BCUT2D eigenvalue weighted by Gasteiger charge is 2.21. The number of primary amides is 1. The lowest BCUT2D eigenvalue weighted by molar-refractivity contribution is -0.143. The summed E-state index contributed by atoms with van der Waals surface area (Å²) in [5, 5.41) is 2.88. The molecule has 0 saturated carbocycles. The number of esters is 1. The van der Waals surface area contributed by atoms with E-state index in [4.69, 9.17) is 11.5 Å². The monoisotopic (exact) mass is 231 g/mol. The van der Waals surface area contributed by atoms with Gasteiger partial charge in [-0.15, -0.1) is 0 Å². The summed E-state index contributed by atoms with van der Waals surface area (Å²) in [6, 6.07) is -1.24. The molecule has 0 aliphatic carbocycles. The van der Waals surface area contributed by atoms with Crippen molar-refractivity contribution in [3.8, 4) is 0 Å². The first-order chi connectivity index (χ1) is 7.38. The number of methoxy groups -OCH3 is 1. The van der Waals surface area contributed by atoms with E-state index in [9.17, 15) is 9.59 Å². The zero-order chi connectivity index (χ0) is 12.7. The van der Waals surface area contributed by atoms with Gasteiger partial charge >= 0.3 is 5.97 Å². The van der Waals surface area contributed by atoms with Crippen LogP contribution < -0.4 is 16.8 Å². The van der Waals surface area contributed by atoms with E-state index >= 15 is 0 Å². The van der Waals surface area contributed by atoms with E-state index in [-0.39, 0.29) is 12.5 Å². The van der Waals surface area contributed by atoms with Crippen LogP contribution in [0.3, 0.4) is 0 Å². The van der Waals surface area contributed by atoms with E-state index < -0.39 is 18.0 Å². The van der Waals surface area contributed by atoms with E-state index in [2.05, 4.69) is 10.1 Å². The Labute approximate surface area is 95.7 Å². The van der Waals surface area contributed by atoms with Gasteiger partial charge in [-0.2, -0.15) is 0 Å². The molecule has 6 heteroatoms. The van der Waals surface area contributed by atoms with Crippen molar-refractivity contribution >= 4 is 11.9 Å². The smallest absolute Gasteiger partial charge is 0.322 e. The summed E-state index contributed by atoms with van der Waals surface area (Å²) in [6.07, 6.45) is 0.623. The number of carbonyl (C=O) groups is 2. The Kier molecular flexibility index (Phi) is 6.67. The normalized spacial score (nSPS) is 14.6. The molecule has 5 N–H and O–H groups in total. The van der Waals surface area contributed by atoms with Crippen molar-refractivity contribution in [1.82, 2.24) is 5.32 Å². The Bertz CT molecular complexity index is 243. The zero-order valence-electron chi connectivity index (χ0n) is 10.0. The number of hydrogen-bond acceptors (Lipinski definition) is 5. The maximum atomic E-state index is 11.4. The van der Waals surface area contributed by atoms with Crippen molar-refractivity contribution < 1.29 is 14.3 Å². The van der Waals surface area contributed by atoms with Crippen LogP contribution in [0.15, 0.2) is 0 Å². The van der Waals surface area contributed by atoms with Crippen LogP contribution in [0.4, 0.5) is 0 Å². The first kappa shape index (κ1) is 14.9. The largest absolute Gasteiger partial charge is 0.468 e. The molecular weight excluding hydrogens is 210 g/mol. The number of carbonyl (C=O) groups excluding carboxylic acids is 2. The molecule has 2 atom stereocenters. The molecule has 0 spiro atoms. The second-order valence-electron chi connectivity index (χ2n) is 4.12. The highest BCUT2D eigenvalue weighted by molar-refractivity contribution is 5.80. The highest BCUT2D eigenvalue weighted by atomic mass is 16.5. The molecule has 0 heterocycles. The molecule has 0 rings (SSSR count). The number of ether oxygens (including phenoxy) is 1. The van der Waals surface area contributed by atoms with E-state index in [1.807, 2.05) is 13.8 Å². The fourth-order valence-electron chi connectivity index (χ4n) is 1.25. The summed E-state index contributed by atoms with van der Waals surface area (Å²) in [7, 11) is 1.32. The Hall–Kier alpha value is -1.14. The van der Waals surface area contributed by atoms with E-state index in [1.165, 1.54) is 7.11 Å². The molecule has 0 aromatic carbocycles. The molecule has 0 radical (unpaired) electrons. The van der Waals surface area contributed by atoms with Gasteiger partial charge in [0.15, 0.2) is 0 Å². The minimum Gasteiger partial charge on any atom is -0.468 e. The number of hydrogen-bond donors (Lipinski definition) is 3. The minimum absolute atomic E-state index is 0.168. The third kappa shape index (κ3) is 5.67. The van der Waals surface area contributed by atoms with Crippen LogP contribution in [-0.2, 0) is 14.3 Å². The van der Waals surface area contributed by atoms with Crippen LogP contribution in [0.25, 0.3) is 0 Å². The summed E-state index contributed by atoms with van der Waals surface area (Å²) >= 11 is 0. The topological polar surface area (TPSA) is 107 Å². The lowest BCUT2D eigenvalue weighted by Gasteiger charge is -2.19. The summed E-state index contributed by atoms with van der Waals surface area (Å²) in [5.41, 5.74) is 10.5. The highest BCUT2D eigenvalue weighted by Crippen LogP contribution is 2.05. The summed E-state index contributed by atoms with van der Waals surface area (Å²) in [6.45, 7) is 4.15. The summed E-state index contributed by atoms with van der Waals surface area (Å²) < 4.78 is 4.65. The van der Waals surface area contributed by atoms with Gasteiger partial charge in [-0.1, -0.05) is 13.8 Å². The predicted molar refractivity (Wildman–Crippen MR) is 60.4 cm³/mol. The standard InChI is InChI=1S/C10H21N3O3/c1-6(2)4-8(10(15)16-3)13-5-7(11)9(12)14/h6-8,13H,4-5,11H2,1-3H3,(H2,12,14). The number of rotatable bonds is 7. The first-order valence-electron chi connectivity index (χ1n) is 5.24. The lowest BCUT2D eigenvalue weighted by atomic mass is 10.0. The van der Waals surface area contributed by atoms with Gasteiger partial charge < -0.3 is 21.5 Å². The van der Waals surface area contributed by atoms with Crippen molar-refractivity contribution in [2.24, 2.45) is 17.4 Å². The molecule has 16 heavy (non-hydrogen) atoms. The average molecular weight is 231 g/mol. The number of nitrogens with one attached hydrogen (secondary N) is 1. The van der Waals surface area contributed by atoms with Crippen LogP contribution in [0.1, 0.15) is 20.3 Å². The molecule has 0 aromatic rings. The molecular formula is C10H21N3O3. The van der Waals surface area contributed by atoms with E-state index in [0.717, 1.165) is 0 Å². The summed E-state index contributed by atoms with van der Waals surface area (Å²) in [5.74, 6) is -0.618. The van der Waals surface area contributed by atoms with Gasteiger partial charge in [-0.25, -0.2) is 0 Å². The average Bonchev–Trinajstić information content (AvgIpc) is 2.21. The van der Waals surface area contributed by atoms with Gasteiger partial charge in [-0.3, -0.25) is 9.59 Å². The van der Waals surface area contributed by atoms with Gasteiger partial charge in [0.1, 0.15) is 6.04 Å². The first-order valence-corrected chi connectivity index (χ1v) is 5.24. The molecule has 0 fully saturated rings. The van der Waals surface area contributed by atoms with Gasteiger partial charge in [0, 0.05) is 6.54 Å². The Morgan fingerprint density at radius 3 is 2.31 bits per heavy atom. The molecule has 0 aliphatic heterocycles. The van der Waals surface area contributed by atoms with Gasteiger partial charge in [0.2, 0.25) is 5.91 Å². The van der Waals surface area contributed by atoms with Crippen LogP contribution >= 0.6 is 0 Å². The van der Waals surface area contributed by atoms with E-state index in [0.29, 0.717) is 12.3 Å². The maximum absolute atomic E-state index is 11.4. The van der Waals surface area contributed by atoms with Crippen molar-refractivity contribution in [3.63, 3.8) is 0 Å². The van der Waals surface area contributed by atoms with Crippen LogP contribution in [0, 0.1) is 5.92 Å². The molecule has 1 amide bonds. The SMILES string of the molecule is COC(=O)C(CC(C)C)NCC(N)C(N)=O.